The number of rotatable bonds is 4. The molecule has 0 saturated carbocycles. The Hall–Kier alpha value is -1.97. The molecule has 2 rings (SSSR count). The highest BCUT2D eigenvalue weighted by Gasteiger charge is 2.07. The number of ether oxygens (including phenoxy) is 1. The molecule has 0 unspecified atom stereocenters. The van der Waals surface area contributed by atoms with Crippen LogP contribution in [0.3, 0.4) is 0 Å². The maximum Gasteiger partial charge on any atom is 0.119 e. The molecule has 0 fully saturated rings. The number of aromatic nitrogens is 2. The number of nitrogens with two attached hydrogens (primary N) is 1. The van der Waals surface area contributed by atoms with E-state index in [4.69, 9.17) is 10.5 Å². The molecule has 0 spiro atoms. The molecule has 0 aliphatic heterocycles. The molecule has 2 N–H and O–H groups in total. The van der Waals surface area contributed by atoms with Gasteiger partial charge in [0.15, 0.2) is 0 Å². The van der Waals surface area contributed by atoms with E-state index in [0.29, 0.717) is 13.2 Å². The zero-order valence-corrected chi connectivity index (χ0v) is 10.2. The number of benzene rings is 1. The molecule has 1 aromatic heterocycles. The maximum atomic E-state index is 5.86. The zero-order chi connectivity index (χ0) is 12.3. The predicted molar refractivity (Wildman–Crippen MR) is 68.1 cm³/mol. The molecule has 0 radical (unpaired) electrons. The van der Waals surface area contributed by atoms with Crippen LogP contribution in [0.4, 0.5) is 5.69 Å². The minimum Gasteiger partial charge on any atom is -0.492 e. The first kappa shape index (κ1) is 11.5. The van der Waals surface area contributed by atoms with E-state index in [1.54, 1.807) is 0 Å². The van der Waals surface area contributed by atoms with Gasteiger partial charge in [0.05, 0.1) is 23.6 Å². The third-order valence-corrected chi connectivity index (χ3v) is 2.75. The van der Waals surface area contributed by atoms with E-state index in [2.05, 4.69) is 5.10 Å². The number of para-hydroxylation sites is 1. The van der Waals surface area contributed by atoms with Crippen LogP contribution in [0.15, 0.2) is 30.3 Å². The van der Waals surface area contributed by atoms with Crippen LogP contribution in [-0.4, -0.2) is 16.4 Å². The second kappa shape index (κ2) is 4.91. The zero-order valence-electron chi connectivity index (χ0n) is 10.2. The first-order chi connectivity index (χ1) is 8.18. The molecule has 90 valence electrons. The fraction of sp³-hybridized carbons (Fsp3) is 0.308. The fourth-order valence-corrected chi connectivity index (χ4v) is 1.70. The van der Waals surface area contributed by atoms with Gasteiger partial charge in [-0.25, -0.2) is 0 Å². The minimum atomic E-state index is 0.589. The Morgan fingerprint density at radius 1 is 1.24 bits per heavy atom. The molecule has 0 amide bonds. The molecule has 0 aliphatic rings. The lowest BCUT2D eigenvalue weighted by molar-refractivity contribution is 0.289. The van der Waals surface area contributed by atoms with Gasteiger partial charge in [0.2, 0.25) is 0 Å². The normalized spacial score (nSPS) is 10.5. The summed E-state index contributed by atoms with van der Waals surface area (Å²) in [5.41, 5.74) is 8.51. The van der Waals surface area contributed by atoms with Gasteiger partial charge in [-0.3, -0.25) is 4.68 Å². The molecule has 4 nitrogen and oxygen atoms in total. The van der Waals surface area contributed by atoms with E-state index in [-0.39, 0.29) is 0 Å². The van der Waals surface area contributed by atoms with Crippen molar-refractivity contribution in [2.75, 3.05) is 12.3 Å². The molecule has 4 heteroatoms. The van der Waals surface area contributed by atoms with E-state index >= 15 is 0 Å². The van der Waals surface area contributed by atoms with Gasteiger partial charge in [-0.05, 0) is 26.0 Å². The third-order valence-electron chi connectivity index (χ3n) is 2.75. The first-order valence-corrected chi connectivity index (χ1v) is 5.66. The lowest BCUT2D eigenvalue weighted by Crippen LogP contribution is -2.11. The molecular formula is C13H17N3O. The van der Waals surface area contributed by atoms with Gasteiger partial charge in [0.25, 0.3) is 0 Å². The topological polar surface area (TPSA) is 53.1 Å². The van der Waals surface area contributed by atoms with Crippen molar-refractivity contribution in [1.29, 1.82) is 0 Å². The fourth-order valence-electron chi connectivity index (χ4n) is 1.70. The quantitative estimate of drug-likeness (QED) is 0.877. The summed E-state index contributed by atoms with van der Waals surface area (Å²) < 4.78 is 7.49. The van der Waals surface area contributed by atoms with Crippen molar-refractivity contribution in [3.63, 3.8) is 0 Å². The largest absolute Gasteiger partial charge is 0.492 e. The van der Waals surface area contributed by atoms with E-state index in [9.17, 15) is 0 Å². The SMILES string of the molecule is Cc1nn(CCOc2ccccc2)c(C)c1N. The van der Waals surface area contributed by atoms with E-state index in [1.165, 1.54) is 0 Å². The van der Waals surface area contributed by atoms with Crippen molar-refractivity contribution in [2.24, 2.45) is 0 Å². The Morgan fingerprint density at radius 2 is 1.94 bits per heavy atom. The Kier molecular flexibility index (Phi) is 3.32. The van der Waals surface area contributed by atoms with Crippen molar-refractivity contribution in [1.82, 2.24) is 9.78 Å². The second-order valence-corrected chi connectivity index (χ2v) is 3.97. The van der Waals surface area contributed by atoms with E-state index in [1.807, 2.05) is 48.9 Å². The van der Waals surface area contributed by atoms with Crippen molar-refractivity contribution in [3.05, 3.63) is 41.7 Å². The standard InChI is InChI=1S/C13H17N3O/c1-10-13(14)11(2)16(15-10)8-9-17-12-6-4-3-5-7-12/h3-7H,8-9,14H2,1-2H3. The maximum absolute atomic E-state index is 5.86. The van der Waals surface area contributed by atoms with Gasteiger partial charge in [-0.1, -0.05) is 18.2 Å². The van der Waals surface area contributed by atoms with Gasteiger partial charge >= 0.3 is 0 Å². The Balaban J connectivity index is 1.92. The summed E-state index contributed by atoms with van der Waals surface area (Å²) in [6.45, 7) is 5.18. The molecular weight excluding hydrogens is 214 g/mol. The summed E-state index contributed by atoms with van der Waals surface area (Å²) >= 11 is 0. The predicted octanol–water partition coefficient (Wildman–Crippen LogP) is 2.16. The average Bonchev–Trinajstić information content (AvgIpc) is 2.59. The van der Waals surface area contributed by atoms with Crippen molar-refractivity contribution in [2.45, 2.75) is 20.4 Å². The number of anilines is 1. The Labute approximate surface area is 101 Å². The second-order valence-electron chi connectivity index (χ2n) is 3.97. The Bertz CT molecular complexity index is 491. The molecule has 0 bridgehead atoms. The van der Waals surface area contributed by atoms with Crippen LogP contribution in [0.1, 0.15) is 11.4 Å². The lowest BCUT2D eigenvalue weighted by atomic mass is 10.3. The molecule has 0 saturated heterocycles. The van der Waals surface area contributed by atoms with Gasteiger partial charge in [0.1, 0.15) is 12.4 Å². The summed E-state index contributed by atoms with van der Waals surface area (Å²) in [4.78, 5) is 0. The lowest BCUT2D eigenvalue weighted by Gasteiger charge is -2.07. The smallest absolute Gasteiger partial charge is 0.119 e. The van der Waals surface area contributed by atoms with Crippen LogP contribution in [0.25, 0.3) is 0 Å². The van der Waals surface area contributed by atoms with Gasteiger partial charge < -0.3 is 10.5 Å². The third kappa shape index (κ3) is 2.58. The Morgan fingerprint density at radius 3 is 2.53 bits per heavy atom. The van der Waals surface area contributed by atoms with Crippen LogP contribution >= 0.6 is 0 Å². The van der Waals surface area contributed by atoms with Crippen LogP contribution in [0.2, 0.25) is 0 Å². The summed E-state index contributed by atoms with van der Waals surface area (Å²) in [6, 6.07) is 9.76. The molecule has 1 heterocycles. The van der Waals surface area contributed by atoms with Gasteiger partial charge in [0, 0.05) is 0 Å². The van der Waals surface area contributed by atoms with Crippen molar-refractivity contribution < 1.29 is 4.74 Å². The molecule has 2 aromatic rings. The number of hydrogen-bond donors (Lipinski definition) is 1. The highest BCUT2D eigenvalue weighted by molar-refractivity contribution is 5.46. The van der Waals surface area contributed by atoms with Crippen molar-refractivity contribution >= 4 is 5.69 Å². The van der Waals surface area contributed by atoms with E-state index < -0.39 is 0 Å². The van der Waals surface area contributed by atoms with Crippen LogP contribution in [0.5, 0.6) is 5.75 Å². The number of nitrogen functional groups attached to an aromatic ring is 1. The van der Waals surface area contributed by atoms with E-state index in [0.717, 1.165) is 22.8 Å². The minimum absolute atomic E-state index is 0.589. The highest BCUT2D eigenvalue weighted by atomic mass is 16.5. The van der Waals surface area contributed by atoms with Gasteiger partial charge in [-0.2, -0.15) is 5.10 Å². The number of hydrogen-bond acceptors (Lipinski definition) is 3. The summed E-state index contributed by atoms with van der Waals surface area (Å²) in [7, 11) is 0. The monoisotopic (exact) mass is 231 g/mol. The highest BCUT2D eigenvalue weighted by Crippen LogP contribution is 2.14. The summed E-state index contributed by atoms with van der Waals surface area (Å²) in [6.07, 6.45) is 0. The molecule has 17 heavy (non-hydrogen) atoms. The van der Waals surface area contributed by atoms with Crippen LogP contribution in [0, 0.1) is 13.8 Å². The number of aryl methyl sites for hydroxylation is 1. The van der Waals surface area contributed by atoms with Crippen LogP contribution < -0.4 is 10.5 Å². The first-order valence-electron chi connectivity index (χ1n) is 5.66. The molecule has 0 atom stereocenters. The molecule has 0 aliphatic carbocycles. The number of nitrogens with zero attached hydrogens (tertiary/aromatic N) is 2. The van der Waals surface area contributed by atoms with Crippen LogP contribution in [-0.2, 0) is 6.54 Å². The molecule has 1 aromatic carbocycles. The average molecular weight is 231 g/mol. The summed E-state index contributed by atoms with van der Waals surface area (Å²) in [5.74, 6) is 0.877. The van der Waals surface area contributed by atoms with Crippen molar-refractivity contribution in [3.8, 4) is 5.75 Å². The van der Waals surface area contributed by atoms with Gasteiger partial charge in [-0.15, -0.1) is 0 Å². The summed E-state index contributed by atoms with van der Waals surface area (Å²) in [5, 5.41) is 4.35.